The van der Waals surface area contributed by atoms with E-state index in [1.165, 1.54) is 0 Å². The number of anilines is 1. The van der Waals surface area contributed by atoms with E-state index in [0.29, 0.717) is 11.8 Å². The van der Waals surface area contributed by atoms with Gasteiger partial charge in [-0.1, -0.05) is 0 Å². The molecule has 100 valence electrons. The molecule has 1 aliphatic rings. The van der Waals surface area contributed by atoms with Gasteiger partial charge in [-0.2, -0.15) is 4.98 Å². The molecule has 0 aromatic carbocycles. The minimum Gasteiger partial charge on any atom is -0.474 e. The van der Waals surface area contributed by atoms with Gasteiger partial charge in [-0.3, -0.25) is 0 Å². The predicted octanol–water partition coefficient (Wildman–Crippen LogP) is 2.24. The minimum absolute atomic E-state index is 0.174. The average molecular weight is 251 g/mol. The second-order valence-corrected chi connectivity index (χ2v) is 4.72. The Morgan fingerprint density at radius 1 is 1.39 bits per heavy atom. The Bertz CT molecular complexity index is 376. The van der Waals surface area contributed by atoms with Gasteiger partial charge in [-0.15, -0.1) is 0 Å². The highest BCUT2D eigenvalue weighted by Crippen LogP contribution is 2.23. The Hall–Kier alpha value is -1.36. The van der Waals surface area contributed by atoms with Crippen molar-refractivity contribution in [1.82, 2.24) is 9.97 Å². The second-order valence-electron chi connectivity index (χ2n) is 4.72. The average Bonchev–Trinajstić information content (AvgIpc) is 2.28. The van der Waals surface area contributed by atoms with E-state index in [-0.39, 0.29) is 18.3 Å². The Balaban J connectivity index is 1.97. The van der Waals surface area contributed by atoms with Gasteiger partial charge < -0.3 is 14.8 Å². The van der Waals surface area contributed by atoms with Gasteiger partial charge in [0.15, 0.2) is 0 Å². The van der Waals surface area contributed by atoms with Crippen LogP contribution in [0.3, 0.4) is 0 Å². The molecule has 1 aromatic rings. The largest absolute Gasteiger partial charge is 0.474 e. The molecule has 0 radical (unpaired) electrons. The minimum atomic E-state index is 0.174. The van der Waals surface area contributed by atoms with Crippen LogP contribution in [0.25, 0.3) is 0 Å². The lowest BCUT2D eigenvalue weighted by Gasteiger charge is -2.31. The third-order valence-electron chi connectivity index (χ3n) is 2.91. The van der Waals surface area contributed by atoms with Gasteiger partial charge >= 0.3 is 0 Å². The lowest BCUT2D eigenvalue weighted by atomic mass is 10.0. The molecule has 0 saturated carbocycles. The van der Waals surface area contributed by atoms with Crippen LogP contribution in [0.5, 0.6) is 5.88 Å². The molecule has 1 N–H and O–H groups in total. The fraction of sp³-hybridized carbons (Fsp3) is 0.692. The van der Waals surface area contributed by atoms with Crippen LogP contribution in [0, 0.1) is 0 Å². The lowest BCUT2D eigenvalue weighted by molar-refractivity contribution is -0.0729. The molecule has 5 heteroatoms. The molecule has 1 saturated heterocycles. The van der Waals surface area contributed by atoms with Gasteiger partial charge in [-0.05, 0) is 20.8 Å². The van der Waals surface area contributed by atoms with Crippen molar-refractivity contribution in [1.29, 1.82) is 0 Å². The highest BCUT2D eigenvalue weighted by Gasteiger charge is 2.26. The van der Waals surface area contributed by atoms with Crippen molar-refractivity contribution in [2.75, 3.05) is 11.9 Å². The summed E-state index contributed by atoms with van der Waals surface area (Å²) in [5.41, 5.74) is 0. The Kier molecular flexibility index (Phi) is 4.36. The quantitative estimate of drug-likeness (QED) is 0.889. The van der Waals surface area contributed by atoms with E-state index in [1.54, 1.807) is 12.3 Å². The summed E-state index contributed by atoms with van der Waals surface area (Å²) in [7, 11) is 0. The molecule has 1 aromatic heterocycles. The van der Waals surface area contributed by atoms with Crippen LogP contribution in [-0.2, 0) is 4.74 Å². The zero-order chi connectivity index (χ0) is 13.0. The summed E-state index contributed by atoms with van der Waals surface area (Å²) in [5, 5.41) is 3.08. The van der Waals surface area contributed by atoms with E-state index in [0.717, 1.165) is 19.4 Å². The van der Waals surface area contributed by atoms with Crippen molar-refractivity contribution < 1.29 is 9.47 Å². The van der Waals surface area contributed by atoms with Crippen LogP contribution in [0.4, 0.5) is 5.95 Å². The first-order chi connectivity index (χ1) is 8.67. The van der Waals surface area contributed by atoms with Crippen LogP contribution < -0.4 is 10.1 Å². The van der Waals surface area contributed by atoms with Crippen molar-refractivity contribution in [2.45, 2.75) is 51.9 Å². The topological polar surface area (TPSA) is 56.3 Å². The van der Waals surface area contributed by atoms with E-state index in [9.17, 15) is 0 Å². The summed E-state index contributed by atoms with van der Waals surface area (Å²) < 4.78 is 11.6. The van der Waals surface area contributed by atoms with Gasteiger partial charge in [0.25, 0.3) is 0 Å². The third-order valence-corrected chi connectivity index (χ3v) is 2.91. The Morgan fingerprint density at radius 3 is 2.78 bits per heavy atom. The molecule has 2 atom stereocenters. The fourth-order valence-electron chi connectivity index (χ4n) is 2.26. The smallest absolute Gasteiger partial charge is 0.225 e. The van der Waals surface area contributed by atoms with Gasteiger partial charge in [0.05, 0.1) is 12.2 Å². The number of nitrogens with one attached hydrogen (secondary N) is 1. The number of aromatic nitrogens is 2. The molecule has 18 heavy (non-hydrogen) atoms. The maximum Gasteiger partial charge on any atom is 0.225 e. The maximum atomic E-state index is 5.91. The number of ether oxygens (including phenoxy) is 2. The highest BCUT2D eigenvalue weighted by molar-refractivity contribution is 5.27. The Morgan fingerprint density at radius 2 is 2.11 bits per heavy atom. The molecular weight excluding hydrogens is 230 g/mol. The first-order valence-corrected chi connectivity index (χ1v) is 6.56. The third kappa shape index (κ3) is 3.57. The summed E-state index contributed by atoms with van der Waals surface area (Å²) in [6.45, 7) is 6.97. The maximum absolute atomic E-state index is 5.91. The number of hydrogen-bond donors (Lipinski definition) is 1. The molecule has 1 aliphatic heterocycles. The van der Waals surface area contributed by atoms with E-state index < -0.39 is 0 Å². The monoisotopic (exact) mass is 251 g/mol. The van der Waals surface area contributed by atoms with E-state index >= 15 is 0 Å². The highest BCUT2D eigenvalue weighted by atomic mass is 16.5. The molecule has 2 unspecified atom stereocenters. The number of hydrogen-bond acceptors (Lipinski definition) is 5. The van der Waals surface area contributed by atoms with Crippen LogP contribution in [0.2, 0.25) is 0 Å². The summed E-state index contributed by atoms with van der Waals surface area (Å²) in [6, 6.07) is 1.80. The van der Waals surface area contributed by atoms with E-state index in [2.05, 4.69) is 29.1 Å². The standard InChI is InChI=1S/C13H21N3O2/c1-4-14-13-15-6-5-12(16-13)18-11-7-9(2)17-10(3)8-11/h5-6,9-11H,4,7-8H2,1-3H3,(H,14,15,16). The van der Waals surface area contributed by atoms with Crippen molar-refractivity contribution in [3.05, 3.63) is 12.3 Å². The molecule has 2 rings (SSSR count). The van der Waals surface area contributed by atoms with Gasteiger partial charge in [0, 0.05) is 31.6 Å². The fourth-order valence-corrected chi connectivity index (χ4v) is 2.26. The predicted molar refractivity (Wildman–Crippen MR) is 69.9 cm³/mol. The van der Waals surface area contributed by atoms with Crippen molar-refractivity contribution >= 4 is 5.95 Å². The molecule has 5 nitrogen and oxygen atoms in total. The molecule has 0 spiro atoms. The SMILES string of the molecule is CCNc1nccc(OC2CC(C)OC(C)C2)n1. The van der Waals surface area contributed by atoms with Gasteiger partial charge in [0.2, 0.25) is 11.8 Å². The number of rotatable bonds is 4. The van der Waals surface area contributed by atoms with Crippen molar-refractivity contribution in [3.63, 3.8) is 0 Å². The first kappa shape index (κ1) is 13.1. The number of nitrogens with zero attached hydrogens (tertiary/aromatic N) is 2. The lowest BCUT2D eigenvalue weighted by Crippen LogP contribution is -2.35. The second kappa shape index (κ2) is 6.00. The summed E-state index contributed by atoms with van der Waals surface area (Å²) >= 11 is 0. The van der Waals surface area contributed by atoms with Crippen LogP contribution in [0.1, 0.15) is 33.6 Å². The van der Waals surface area contributed by atoms with Crippen LogP contribution in [0.15, 0.2) is 12.3 Å². The molecule has 0 aliphatic carbocycles. The Labute approximate surface area is 108 Å². The summed E-state index contributed by atoms with van der Waals surface area (Å²) in [5.74, 6) is 1.25. The normalized spacial score (nSPS) is 27.8. The van der Waals surface area contributed by atoms with E-state index in [4.69, 9.17) is 9.47 Å². The van der Waals surface area contributed by atoms with Gasteiger partial charge in [-0.25, -0.2) is 4.98 Å². The van der Waals surface area contributed by atoms with Gasteiger partial charge in [0.1, 0.15) is 6.10 Å². The zero-order valence-corrected chi connectivity index (χ0v) is 11.2. The molecule has 0 amide bonds. The van der Waals surface area contributed by atoms with Crippen molar-refractivity contribution in [2.24, 2.45) is 0 Å². The van der Waals surface area contributed by atoms with Crippen molar-refractivity contribution in [3.8, 4) is 5.88 Å². The van der Waals surface area contributed by atoms with Crippen LogP contribution in [-0.4, -0.2) is 34.8 Å². The summed E-state index contributed by atoms with van der Waals surface area (Å²) in [6.07, 6.45) is 4.19. The van der Waals surface area contributed by atoms with E-state index in [1.807, 2.05) is 6.92 Å². The molecule has 0 bridgehead atoms. The molecule has 2 heterocycles. The molecular formula is C13H21N3O2. The zero-order valence-electron chi connectivity index (χ0n) is 11.2. The summed E-state index contributed by atoms with van der Waals surface area (Å²) in [4.78, 5) is 8.45. The first-order valence-electron chi connectivity index (χ1n) is 6.56. The molecule has 1 fully saturated rings. The van der Waals surface area contributed by atoms with Crippen LogP contribution >= 0.6 is 0 Å².